The SMILES string of the molecule is CCS(=O)(=O)CCn1cc(CNCCOC)c(C)n1. The van der Waals surface area contributed by atoms with E-state index in [0.29, 0.717) is 13.2 Å². The first-order valence-corrected chi connectivity index (χ1v) is 8.23. The van der Waals surface area contributed by atoms with Crippen molar-refractivity contribution in [3.05, 3.63) is 17.5 Å². The van der Waals surface area contributed by atoms with Gasteiger partial charge in [-0.2, -0.15) is 5.10 Å². The van der Waals surface area contributed by atoms with E-state index >= 15 is 0 Å². The lowest BCUT2D eigenvalue weighted by Crippen LogP contribution is -2.18. The first-order valence-electron chi connectivity index (χ1n) is 6.41. The van der Waals surface area contributed by atoms with Crippen molar-refractivity contribution in [2.45, 2.75) is 26.9 Å². The van der Waals surface area contributed by atoms with Crippen LogP contribution in [0.25, 0.3) is 0 Å². The highest BCUT2D eigenvalue weighted by molar-refractivity contribution is 7.91. The van der Waals surface area contributed by atoms with E-state index in [9.17, 15) is 8.42 Å². The molecule has 0 unspecified atom stereocenters. The average Bonchev–Trinajstić information content (AvgIpc) is 2.73. The molecule has 0 aliphatic heterocycles. The zero-order valence-corrected chi connectivity index (χ0v) is 12.7. The topological polar surface area (TPSA) is 73.2 Å². The monoisotopic (exact) mass is 289 g/mol. The number of aromatic nitrogens is 2. The highest BCUT2D eigenvalue weighted by Gasteiger charge is 2.09. The summed E-state index contributed by atoms with van der Waals surface area (Å²) in [5.41, 5.74) is 2.02. The van der Waals surface area contributed by atoms with Gasteiger partial charge in [0.15, 0.2) is 9.84 Å². The van der Waals surface area contributed by atoms with Crippen LogP contribution < -0.4 is 5.32 Å². The van der Waals surface area contributed by atoms with Gasteiger partial charge < -0.3 is 10.1 Å². The molecule has 6 nitrogen and oxygen atoms in total. The third-order valence-electron chi connectivity index (χ3n) is 2.92. The quantitative estimate of drug-likeness (QED) is 0.665. The number of sulfone groups is 1. The second-order valence-corrected chi connectivity index (χ2v) is 6.88. The minimum absolute atomic E-state index is 0.140. The maximum Gasteiger partial charge on any atom is 0.151 e. The molecule has 0 bridgehead atoms. The summed E-state index contributed by atoms with van der Waals surface area (Å²) < 4.78 is 29.5. The average molecular weight is 289 g/mol. The molecule has 0 fully saturated rings. The first-order chi connectivity index (χ1) is 8.98. The summed E-state index contributed by atoms with van der Waals surface area (Å²) in [5.74, 6) is 0.319. The molecule has 0 atom stereocenters. The molecule has 7 heteroatoms. The minimum Gasteiger partial charge on any atom is -0.383 e. The first kappa shape index (κ1) is 16.1. The summed E-state index contributed by atoms with van der Waals surface area (Å²) in [5, 5.41) is 7.57. The molecule has 19 heavy (non-hydrogen) atoms. The van der Waals surface area contributed by atoms with E-state index in [1.807, 2.05) is 13.1 Å². The van der Waals surface area contributed by atoms with Crippen molar-refractivity contribution in [2.75, 3.05) is 31.8 Å². The number of rotatable bonds is 9. The van der Waals surface area contributed by atoms with E-state index in [1.165, 1.54) is 0 Å². The fraction of sp³-hybridized carbons (Fsp3) is 0.750. The van der Waals surface area contributed by atoms with Crippen LogP contribution in [0, 0.1) is 6.92 Å². The highest BCUT2D eigenvalue weighted by Crippen LogP contribution is 2.05. The normalized spacial score (nSPS) is 11.9. The third kappa shape index (κ3) is 5.71. The largest absolute Gasteiger partial charge is 0.383 e. The van der Waals surface area contributed by atoms with Gasteiger partial charge in [-0.25, -0.2) is 8.42 Å². The van der Waals surface area contributed by atoms with Crippen LogP contribution in [0.15, 0.2) is 6.20 Å². The molecular weight excluding hydrogens is 266 g/mol. The van der Waals surface area contributed by atoms with Crippen molar-refractivity contribution in [1.29, 1.82) is 0 Å². The van der Waals surface area contributed by atoms with Gasteiger partial charge in [0.25, 0.3) is 0 Å². The maximum absolute atomic E-state index is 11.4. The van der Waals surface area contributed by atoms with Crippen LogP contribution in [0.2, 0.25) is 0 Å². The molecule has 0 saturated carbocycles. The number of hydrogen-bond donors (Lipinski definition) is 1. The van der Waals surface area contributed by atoms with Gasteiger partial charge in [-0.15, -0.1) is 0 Å². The molecule has 0 aliphatic rings. The number of nitrogens with one attached hydrogen (secondary N) is 1. The molecule has 1 N–H and O–H groups in total. The second kappa shape index (κ2) is 7.62. The number of methoxy groups -OCH3 is 1. The molecule has 0 saturated heterocycles. The van der Waals surface area contributed by atoms with E-state index in [-0.39, 0.29) is 11.5 Å². The van der Waals surface area contributed by atoms with E-state index < -0.39 is 9.84 Å². The van der Waals surface area contributed by atoms with E-state index in [0.717, 1.165) is 24.3 Å². The van der Waals surface area contributed by atoms with Gasteiger partial charge >= 0.3 is 0 Å². The Kier molecular flexibility index (Phi) is 6.47. The summed E-state index contributed by atoms with van der Waals surface area (Å²) in [6.45, 7) is 6.17. The molecule has 1 heterocycles. The molecule has 1 aromatic rings. The van der Waals surface area contributed by atoms with Gasteiger partial charge in [0, 0.05) is 37.7 Å². The Morgan fingerprint density at radius 3 is 2.84 bits per heavy atom. The summed E-state index contributed by atoms with van der Waals surface area (Å²) >= 11 is 0. The molecule has 0 aliphatic carbocycles. The fourth-order valence-corrected chi connectivity index (χ4v) is 2.38. The Labute approximate surface area is 115 Å². The van der Waals surface area contributed by atoms with Gasteiger partial charge in [-0.05, 0) is 6.92 Å². The van der Waals surface area contributed by atoms with E-state index in [2.05, 4.69) is 10.4 Å². The van der Waals surface area contributed by atoms with E-state index in [4.69, 9.17) is 4.74 Å². The van der Waals surface area contributed by atoms with Crippen molar-refractivity contribution in [3.8, 4) is 0 Å². The smallest absolute Gasteiger partial charge is 0.151 e. The van der Waals surface area contributed by atoms with Gasteiger partial charge in [0.2, 0.25) is 0 Å². The molecule has 110 valence electrons. The maximum atomic E-state index is 11.4. The van der Waals surface area contributed by atoms with Gasteiger partial charge in [-0.3, -0.25) is 4.68 Å². The molecule has 1 rings (SSSR count). The Bertz CT molecular complexity index is 482. The third-order valence-corrected chi connectivity index (χ3v) is 4.60. The Morgan fingerprint density at radius 1 is 1.47 bits per heavy atom. The van der Waals surface area contributed by atoms with Crippen LogP contribution in [0.1, 0.15) is 18.2 Å². The van der Waals surface area contributed by atoms with Crippen molar-refractivity contribution in [2.24, 2.45) is 0 Å². The number of aryl methyl sites for hydroxylation is 2. The zero-order valence-electron chi connectivity index (χ0n) is 11.8. The van der Waals surface area contributed by atoms with E-state index in [1.54, 1.807) is 18.7 Å². The number of hydrogen-bond acceptors (Lipinski definition) is 5. The van der Waals surface area contributed by atoms with Crippen molar-refractivity contribution >= 4 is 9.84 Å². The summed E-state index contributed by atoms with van der Waals surface area (Å²) in [6, 6.07) is 0. The Balaban J connectivity index is 2.49. The number of nitrogens with zero attached hydrogens (tertiary/aromatic N) is 2. The standard InChI is InChI=1S/C12H23N3O3S/c1-4-19(16,17)8-6-15-10-12(11(2)14-15)9-13-5-7-18-3/h10,13H,4-9H2,1-3H3. The zero-order chi connectivity index (χ0) is 14.3. The fourth-order valence-electron chi connectivity index (χ4n) is 1.62. The van der Waals surface area contributed by atoms with Gasteiger partial charge in [0.05, 0.1) is 24.6 Å². The summed E-state index contributed by atoms with van der Waals surface area (Å²) in [6.07, 6.45) is 1.90. The molecular formula is C12H23N3O3S. The van der Waals surface area contributed by atoms with Crippen LogP contribution in [-0.2, 0) is 27.7 Å². The van der Waals surface area contributed by atoms with Crippen LogP contribution in [0.5, 0.6) is 0 Å². The lowest BCUT2D eigenvalue weighted by atomic mass is 10.2. The highest BCUT2D eigenvalue weighted by atomic mass is 32.2. The molecule has 0 amide bonds. The molecule has 0 spiro atoms. The van der Waals surface area contributed by atoms with Crippen LogP contribution in [0.3, 0.4) is 0 Å². The number of ether oxygens (including phenoxy) is 1. The predicted molar refractivity (Wildman–Crippen MR) is 74.9 cm³/mol. The summed E-state index contributed by atoms with van der Waals surface area (Å²) in [4.78, 5) is 0. The summed E-state index contributed by atoms with van der Waals surface area (Å²) in [7, 11) is -1.27. The van der Waals surface area contributed by atoms with Crippen LogP contribution in [0.4, 0.5) is 0 Å². The van der Waals surface area contributed by atoms with Crippen LogP contribution in [-0.4, -0.2) is 50.0 Å². The molecule has 0 radical (unpaired) electrons. The molecule has 0 aromatic carbocycles. The Morgan fingerprint density at radius 2 is 2.21 bits per heavy atom. The lowest BCUT2D eigenvalue weighted by Gasteiger charge is -2.02. The van der Waals surface area contributed by atoms with Crippen LogP contribution >= 0.6 is 0 Å². The second-order valence-electron chi connectivity index (χ2n) is 4.41. The van der Waals surface area contributed by atoms with Crippen molar-refractivity contribution < 1.29 is 13.2 Å². The van der Waals surface area contributed by atoms with Gasteiger partial charge in [-0.1, -0.05) is 6.92 Å². The van der Waals surface area contributed by atoms with Crippen molar-refractivity contribution in [3.63, 3.8) is 0 Å². The predicted octanol–water partition coefficient (Wildman–Crippen LogP) is 0.362. The van der Waals surface area contributed by atoms with Crippen molar-refractivity contribution in [1.82, 2.24) is 15.1 Å². The minimum atomic E-state index is -2.94. The lowest BCUT2D eigenvalue weighted by molar-refractivity contribution is 0.199. The van der Waals surface area contributed by atoms with Gasteiger partial charge in [0.1, 0.15) is 0 Å². The Hall–Kier alpha value is -0.920. The molecule has 1 aromatic heterocycles.